The molecule has 12 nitrogen and oxygen atoms in total. The standard InChI is InChI=1S/C48H90N6O6/c1-7-13-19-25-43(55)49-31-33-50(44(56)26-20-14-8-2)35-37-52(46(58)28-22-16-10-4)39-41-54(48(60)30-24-18-12-6)42-40-53(47(59)29-23-17-11-5)38-36-51(34-32-49)45(57)27-21-15-9-3/h7-42H2,1-6H3. The fraction of sp³-hybridized carbons (Fsp3) is 0.875. The first-order valence-corrected chi connectivity index (χ1v) is 24.7. The zero-order chi connectivity index (χ0) is 44.4. The molecule has 0 saturated carbocycles. The van der Waals surface area contributed by atoms with Gasteiger partial charge < -0.3 is 29.4 Å². The molecule has 0 atom stereocenters. The third-order valence-electron chi connectivity index (χ3n) is 11.9. The first kappa shape index (κ1) is 54.8. The summed E-state index contributed by atoms with van der Waals surface area (Å²) in [4.78, 5) is 94.1. The Hall–Kier alpha value is -3.18. The quantitative estimate of drug-likeness (QED) is 0.0900. The normalized spacial score (nSPS) is 15.5. The Bertz CT molecular complexity index is 943. The Balaban J connectivity index is 3.72. The van der Waals surface area contributed by atoms with Crippen molar-refractivity contribution in [2.45, 2.75) is 196 Å². The second kappa shape index (κ2) is 35.4. The van der Waals surface area contributed by atoms with E-state index in [9.17, 15) is 28.8 Å². The highest BCUT2D eigenvalue weighted by Crippen LogP contribution is 2.13. The van der Waals surface area contributed by atoms with Crippen molar-refractivity contribution in [3.63, 3.8) is 0 Å². The highest BCUT2D eigenvalue weighted by atomic mass is 16.2. The van der Waals surface area contributed by atoms with Gasteiger partial charge in [-0.1, -0.05) is 119 Å². The van der Waals surface area contributed by atoms with Crippen molar-refractivity contribution in [1.82, 2.24) is 29.4 Å². The number of hydrogen-bond acceptors (Lipinski definition) is 6. The van der Waals surface area contributed by atoms with Crippen LogP contribution in [0.4, 0.5) is 0 Å². The lowest BCUT2D eigenvalue weighted by Gasteiger charge is -2.35. The maximum absolute atomic E-state index is 13.9. The smallest absolute Gasteiger partial charge is 0.222 e. The molecule has 12 heteroatoms. The van der Waals surface area contributed by atoms with Crippen LogP contribution in [-0.2, 0) is 28.8 Å². The zero-order valence-electron chi connectivity index (χ0n) is 39.6. The van der Waals surface area contributed by atoms with Crippen LogP contribution in [-0.4, -0.2) is 143 Å². The number of carbonyl (C=O) groups is 6. The third-order valence-corrected chi connectivity index (χ3v) is 11.9. The zero-order valence-corrected chi connectivity index (χ0v) is 39.6. The molecule has 0 radical (unpaired) electrons. The molecule has 1 aliphatic rings. The van der Waals surface area contributed by atoms with Gasteiger partial charge in [0.25, 0.3) is 0 Å². The maximum Gasteiger partial charge on any atom is 0.222 e. The van der Waals surface area contributed by atoms with Gasteiger partial charge in [-0.15, -0.1) is 0 Å². The van der Waals surface area contributed by atoms with Gasteiger partial charge in [0.2, 0.25) is 35.4 Å². The van der Waals surface area contributed by atoms with Crippen molar-refractivity contribution in [2.75, 3.05) is 78.5 Å². The molecule has 1 aliphatic heterocycles. The van der Waals surface area contributed by atoms with E-state index >= 15 is 0 Å². The van der Waals surface area contributed by atoms with Crippen LogP contribution in [0.2, 0.25) is 0 Å². The maximum atomic E-state index is 13.9. The molecule has 0 spiro atoms. The SMILES string of the molecule is CCCCCC(=O)N1CCN(C(=O)CCCCC)CCN(C(=O)CCCCC)CCN(C(=O)CCCCC)CCN(C(=O)CCCCC)CCN(C(=O)CCCCC)CC1. The van der Waals surface area contributed by atoms with E-state index in [-0.39, 0.29) is 35.4 Å². The highest BCUT2D eigenvalue weighted by Gasteiger charge is 2.25. The van der Waals surface area contributed by atoms with Crippen LogP contribution in [0.25, 0.3) is 0 Å². The van der Waals surface area contributed by atoms with Crippen LogP contribution in [0.3, 0.4) is 0 Å². The van der Waals surface area contributed by atoms with E-state index in [1.807, 2.05) is 29.4 Å². The molecule has 0 aromatic rings. The van der Waals surface area contributed by atoms with Crippen molar-refractivity contribution in [2.24, 2.45) is 0 Å². The Morgan fingerprint density at radius 2 is 0.350 bits per heavy atom. The Labute approximate surface area is 366 Å². The van der Waals surface area contributed by atoms with Gasteiger partial charge in [0, 0.05) is 117 Å². The van der Waals surface area contributed by atoms with Gasteiger partial charge in [0.05, 0.1) is 0 Å². The first-order valence-electron chi connectivity index (χ1n) is 24.7. The van der Waals surface area contributed by atoms with Crippen molar-refractivity contribution in [3.05, 3.63) is 0 Å². The predicted molar refractivity (Wildman–Crippen MR) is 244 cm³/mol. The molecule has 0 aromatic carbocycles. The Morgan fingerprint density at radius 3 is 0.450 bits per heavy atom. The molecule has 0 N–H and O–H groups in total. The number of nitrogens with zero attached hydrogens (tertiary/aromatic N) is 6. The molecule has 6 amide bonds. The molecule has 1 heterocycles. The van der Waals surface area contributed by atoms with Crippen LogP contribution < -0.4 is 0 Å². The summed E-state index contributed by atoms with van der Waals surface area (Å²) in [6.07, 6.45) is 18.9. The van der Waals surface area contributed by atoms with Gasteiger partial charge in [0.1, 0.15) is 0 Å². The minimum absolute atomic E-state index is 0.0266. The summed E-state index contributed by atoms with van der Waals surface area (Å²) in [7, 11) is 0. The summed E-state index contributed by atoms with van der Waals surface area (Å²) in [6.45, 7) is 16.8. The Kier molecular flexibility index (Phi) is 32.4. The summed E-state index contributed by atoms with van der Waals surface area (Å²) in [5.41, 5.74) is 0. The van der Waals surface area contributed by atoms with Crippen molar-refractivity contribution >= 4 is 35.4 Å². The monoisotopic (exact) mass is 847 g/mol. The topological polar surface area (TPSA) is 122 Å². The number of unbranched alkanes of at least 4 members (excludes halogenated alkanes) is 12. The predicted octanol–water partition coefficient (Wildman–Crippen LogP) is 8.45. The van der Waals surface area contributed by atoms with Gasteiger partial charge in [-0.25, -0.2) is 0 Å². The van der Waals surface area contributed by atoms with Crippen molar-refractivity contribution in [3.8, 4) is 0 Å². The average molecular weight is 847 g/mol. The summed E-state index contributed by atoms with van der Waals surface area (Å²) in [5.74, 6) is 0.160. The molecule has 0 aliphatic carbocycles. The van der Waals surface area contributed by atoms with E-state index in [0.29, 0.717) is 117 Å². The Morgan fingerprint density at radius 1 is 0.233 bits per heavy atom. The lowest BCUT2D eigenvalue weighted by Crippen LogP contribution is -2.50. The lowest BCUT2D eigenvalue weighted by molar-refractivity contribution is -0.139. The van der Waals surface area contributed by atoms with E-state index in [0.717, 1.165) is 116 Å². The van der Waals surface area contributed by atoms with Gasteiger partial charge >= 0.3 is 0 Å². The van der Waals surface area contributed by atoms with E-state index in [4.69, 9.17) is 0 Å². The number of rotatable bonds is 24. The number of amides is 6. The fourth-order valence-electron chi connectivity index (χ4n) is 7.72. The van der Waals surface area contributed by atoms with Crippen LogP contribution in [0, 0.1) is 0 Å². The number of carbonyl (C=O) groups excluding carboxylic acids is 6. The van der Waals surface area contributed by atoms with E-state index in [1.165, 1.54) is 0 Å². The summed E-state index contributed by atoms with van der Waals surface area (Å²) in [6, 6.07) is 0. The van der Waals surface area contributed by atoms with E-state index in [2.05, 4.69) is 41.5 Å². The second-order valence-electron chi connectivity index (χ2n) is 17.0. The summed E-state index contributed by atoms with van der Waals surface area (Å²) in [5, 5.41) is 0. The molecule has 0 aromatic heterocycles. The molecule has 0 unspecified atom stereocenters. The van der Waals surface area contributed by atoms with Crippen molar-refractivity contribution < 1.29 is 28.8 Å². The van der Waals surface area contributed by atoms with Crippen LogP contribution in [0.5, 0.6) is 0 Å². The molecule has 60 heavy (non-hydrogen) atoms. The third kappa shape index (κ3) is 24.3. The van der Waals surface area contributed by atoms with Gasteiger partial charge in [-0.05, 0) is 38.5 Å². The molecule has 1 fully saturated rings. The highest BCUT2D eigenvalue weighted by molar-refractivity contribution is 5.80. The molecule has 1 saturated heterocycles. The largest absolute Gasteiger partial charge is 0.339 e. The summed E-state index contributed by atoms with van der Waals surface area (Å²) >= 11 is 0. The minimum atomic E-state index is 0.0266. The van der Waals surface area contributed by atoms with Crippen molar-refractivity contribution in [1.29, 1.82) is 0 Å². The molecule has 348 valence electrons. The van der Waals surface area contributed by atoms with Crippen LogP contribution in [0.15, 0.2) is 0 Å². The first-order chi connectivity index (χ1) is 29.1. The van der Waals surface area contributed by atoms with E-state index in [1.54, 1.807) is 0 Å². The number of hydrogen-bond donors (Lipinski definition) is 0. The van der Waals surface area contributed by atoms with Gasteiger partial charge in [0.15, 0.2) is 0 Å². The van der Waals surface area contributed by atoms with Crippen LogP contribution >= 0.6 is 0 Å². The van der Waals surface area contributed by atoms with Gasteiger partial charge in [-0.3, -0.25) is 28.8 Å². The molecular formula is C48H90N6O6. The van der Waals surface area contributed by atoms with Crippen LogP contribution in [0.1, 0.15) is 196 Å². The molecule has 0 bridgehead atoms. The fourth-order valence-corrected chi connectivity index (χ4v) is 7.72. The summed E-state index contributed by atoms with van der Waals surface area (Å²) < 4.78 is 0. The molecule has 1 rings (SSSR count). The second-order valence-corrected chi connectivity index (χ2v) is 17.0. The van der Waals surface area contributed by atoms with Gasteiger partial charge in [-0.2, -0.15) is 0 Å². The van der Waals surface area contributed by atoms with E-state index < -0.39 is 0 Å². The lowest BCUT2D eigenvalue weighted by atomic mass is 10.1. The molecular weight excluding hydrogens is 757 g/mol. The average Bonchev–Trinajstić information content (AvgIpc) is 3.23. The minimum Gasteiger partial charge on any atom is -0.339 e.